The van der Waals surface area contributed by atoms with Gasteiger partial charge in [0, 0.05) is 18.2 Å². The van der Waals surface area contributed by atoms with Crippen molar-refractivity contribution in [2.24, 2.45) is 0 Å². The maximum absolute atomic E-state index is 12.2. The van der Waals surface area contributed by atoms with Crippen LogP contribution < -0.4 is 10.9 Å². The summed E-state index contributed by atoms with van der Waals surface area (Å²) in [7, 11) is 0. The van der Waals surface area contributed by atoms with Crippen LogP contribution in [-0.4, -0.2) is 28.0 Å². The van der Waals surface area contributed by atoms with Crippen molar-refractivity contribution in [3.05, 3.63) is 27.6 Å². The van der Waals surface area contributed by atoms with Crippen LogP contribution in [0.1, 0.15) is 18.5 Å². The van der Waals surface area contributed by atoms with Gasteiger partial charge in [-0.15, -0.1) is 11.3 Å². The van der Waals surface area contributed by atoms with Crippen LogP contribution in [0.15, 0.2) is 16.4 Å². The first-order valence-corrected chi connectivity index (χ1v) is 6.93. The third kappa shape index (κ3) is 2.15. The molecule has 3 heterocycles. The molecule has 3 rings (SSSR count). The van der Waals surface area contributed by atoms with Crippen LogP contribution in [0.5, 0.6) is 0 Å². The molecular weight excluding hydrogens is 266 g/mol. The number of carbonyl (C=O) groups is 1. The Morgan fingerprint density at radius 2 is 2.47 bits per heavy atom. The molecule has 0 bridgehead atoms. The van der Waals surface area contributed by atoms with Gasteiger partial charge < -0.3 is 10.1 Å². The average molecular weight is 279 g/mol. The molecule has 0 unspecified atom stereocenters. The second-order valence-electron chi connectivity index (χ2n) is 4.42. The molecular formula is C12H13N3O3S. The zero-order chi connectivity index (χ0) is 13.4. The number of aromatic nitrogens is 2. The Labute approximate surface area is 113 Å². The first-order chi connectivity index (χ1) is 9.16. The van der Waals surface area contributed by atoms with Gasteiger partial charge in [0.1, 0.15) is 11.8 Å². The van der Waals surface area contributed by atoms with Crippen molar-refractivity contribution in [1.82, 2.24) is 9.38 Å². The monoisotopic (exact) mass is 279 g/mol. The molecule has 0 saturated carbocycles. The zero-order valence-corrected chi connectivity index (χ0v) is 11.2. The van der Waals surface area contributed by atoms with Crippen molar-refractivity contribution in [3.8, 4) is 0 Å². The van der Waals surface area contributed by atoms with Gasteiger partial charge in [0.2, 0.25) is 0 Å². The molecule has 0 aromatic carbocycles. The fourth-order valence-corrected chi connectivity index (χ4v) is 2.87. The first-order valence-electron chi connectivity index (χ1n) is 6.06. The summed E-state index contributed by atoms with van der Waals surface area (Å²) in [6.45, 7) is 2.31. The number of aryl methyl sites for hydroxylation is 1. The lowest BCUT2D eigenvalue weighted by molar-refractivity contribution is -0.124. The van der Waals surface area contributed by atoms with Gasteiger partial charge in [-0.3, -0.25) is 14.0 Å². The fraction of sp³-hybridized carbons (Fsp3) is 0.417. The van der Waals surface area contributed by atoms with E-state index in [4.69, 9.17) is 4.74 Å². The van der Waals surface area contributed by atoms with Gasteiger partial charge in [-0.25, -0.2) is 4.98 Å². The molecule has 1 saturated heterocycles. The molecule has 2 aromatic heterocycles. The molecule has 1 aliphatic rings. The normalized spacial score (nSPS) is 18.9. The number of anilines is 1. The number of amides is 1. The number of nitrogens with zero attached hydrogens (tertiary/aromatic N) is 2. The van der Waals surface area contributed by atoms with Crippen molar-refractivity contribution >= 4 is 27.9 Å². The predicted molar refractivity (Wildman–Crippen MR) is 71.7 cm³/mol. The smallest absolute Gasteiger partial charge is 0.282 e. The molecule has 2 aromatic rings. The Morgan fingerprint density at radius 1 is 1.63 bits per heavy atom. The van der Waals surface area contributed by atoms with Gasteiger partial charge in [-0.2, -0.15) is 0 Å². The Morgan fingerprint density at radius 3 is 3.21 bits per heavy atom. The molecule has 1 fully saturated rings. The minimum Gasteiger partial charge on any atom is -0.368 e. The summed E-state index contributed by atoms with van der Waals surface area (Å²) in [5, 5.41) is 4.43. The van der Waals surface area contributed by atoms with E-state index in [0.717, 1.165) is 6.42 Å². The quantitative estimate of drug-likeness (QED) is 0.896. The third-order valence-electron chi connectivity index (χ3n) is 3.12. The number of fused-ring (bicyclic) bond motifs is 1. The van der Waals surface area contributed by atoms with Crippen molar-refractivity contribution < 1.29 is 9.53 Å². The van der Waals surface area contributed by atoms with E-state index in [1.54, 1.807) is 18.5 Å². The molecule has 7 heteroatoms. The van der Waals surface area contributed by atoms with Gasteiger partial charge >= 0.3 is 0 Å². The summed E-state index contributed by atoms with van der Waals surface area (Å²) < 4.78 is 6.73. The van der Waals surface area contributed by atoms with Crippen molar-refractivity contribution in [2.45, 2.75) is 25.9 Å². The third-order valence-corrected chi connectivity index (χ3v) is 3.87. The number of thiazole rings is 1. The predicted octanol–water partition coefficient (Wildman–Crippen LogP) is 1.18. The minimum absolute atomic E-state index is 0.233. The van der Waals surface area contributed by atoms with Crippen LogP contribution in [0.2, 0.25) is 0 Å². The number of ether oxygens (including phenoxy) is 1. The van der Waals surface area contributed by atoms with Gasteiger partial charge in [0.05, 0.1) is 5.69 Å². The van der Waals surface area contributed by atoms with E-state index < -0.39 is 6.10 Å². The highest BCUT2D eigenvalue weighted by Crippen LogP contribution is 2.16. The fourth-order valence-electron chi connectivity index (χ4n) is 2.11. The molecule has 0 spiro atoms. The summed E-state index contributed by atoms with van der Waals surface area (Å²) in [6.07, 6.45) is 2.76. The summed E-state index contributed by atoms with van der Waals surface area (Å²) in [5.41, 5.74) is 0.505. The molecule has 1 atom stereocenters. The van der Waals surface area contributed by atoms with E-state index in [2.05, 4.69) is 10.3 Å². The van der Waals surface area contributed by atoms with E-state index in [-0.39, 0.29) is 17.2 Å². The van der Waals surface area contributed by atoms with Crippen LogP contribution in [0.25, 0.3) is 4.96 Å². The van der Waals surface area contributed by atoms with E-state index in [0.29, 0.717) is 23.7 Å². The van der Waals surface area contributed by atoms with Crippen LogP contribution in [0.4, 0.5) is 5.69 Å². The molecule has 0 aliphatic carbocycles. The molecule has 19 heavy (non-hydrogen) atoms. The van der Waals surface area contributed by atoms with E-state index >= 15 is 0 Å². The van der Waals surface area contributed by atoms with Crippen LogP contribution in [-0.2, 0) is 9.53 Å². The van der Waals surface area contributed by atoms with Crippen molar-refractivity contribution in [1.29, 1.82) is 0 Å². The van der Waals surface area contributed by atoms with Crippen LogP contribution in [0.3, 0.4) is 0 Å². The number of carbonyl (C=O) groups excluding carboxylic acids is 1. The zero-order valence-electron chi connectivity index (χ0n) is 10.4. The lowest BCUT2D eigenvalue weighted by Gasteiger charge is -2.11. The van der Waals surface area contributed by atoms with Gasteiger partial charge in [-0.05, 0) is 19.8 Å². The van der Waals surface area contributed by atoms with Crippen LogP contribution in [0, 0.1) is 6.92 Å². The Bertz CT molecular complexity index is 685. The minimum atomic E-state index is -0.457. The lowest BCUT2D eigenvalue weighted by atomic mass is 10.2. The molecule has 6 nitrogen and oxygen atoms in total. The molecule has 1 aliphatic heterocycles. The Balaban J connectivity index is 1.95. The van der Waals surface area contributed by atoms with Crippen LogP contribution >= 0.6 is 11.3 Å². The summed E-state index contributed by atoms with van der Waals surface area (Å²) in [6, 6.07) is 0. The SMILES string of the molecule is Cc1nc2sccn2c(=O)c1NC(=O)[C@H]1CCCO1. The maximum atomic E-state index is 12.2. The van der Waals surface area contributed by atoms with Crippen molar-refractivity contribution in [3.63, 3.8) is 0 Å². The van der Waals surface area contributed by atoms with Crippen molar-refractivity contribution in [2.75, 3.05) is 11.9 Å². The second-order valence-corrected chi connectivity index (χ2v) is 5.30. The molecule has 100 valence electrons. The standard InChI is InChI=1S/C12H13N3O3S/c1-7-9(14-10(16)8-3-2-5-18-8)11(17)15-4-6-19-12(15)13-7/h4,6,8H,2-3,5H2,1H3,(H,14,16)/t8-/m1/s1. The van der Waals surface area contributed by atoms with E-state index in [9.17, 15) is 9.59 Å². The summed E-state index contributed by atoms with van der Waals surface area (Å²) in [5.74, 6) is -0.269. The highest BCUT2D eigenvalue weighted by atomic mass is 32.1. The average Bonchev–Trinajstić information content (AvgIpc) is 3.04. The Hall–Kier alpha value is -1.73. The number of rotatable bonds is 2. The van der Waals surface area contributed by atoms with Gasteiger partial charge in [-0.1, -0.05) is 0 Å². The molecule has 0 radical (unpaired) electrons. The first kappa shape index (κ1) is 12.3. The summed E-state index contributed by atoms with van der Waals surface area (Å²) >= 11 is 1.38. The number of hydrogen-bond donors (Lipinski definition) is 1. The van der Waals surface area contributed by atoms with Gasteiger partial charge in [0.25, 0.3) is 11.5 Å². The maximum Gasteiger partial charge on any atom is 0.282 e. The number of hydrogen-bond acceptors (Lipinski definition) is 5. The summed E-state index contributed by atoms with van der Waals surface area (Å²) in [4.78, 5) is 29.1. The topological polar surface area (TPSA) is 72.7 Å². The van der Waals surface area contributed by atoms with Gasteiger partial charge in [0.15, 0.2) is 4.96 Å². The van der Waals surface area contributed by atoms with E-state index in [1.165, 1.54) is 15.7 Å². The second kappa shape index (κ2) is 4.75. The van der Waals surface area contributed by atoms with E-state index in [1.807, 2.05) is 0 Å². The Kier molecular flexibility index (Phi) is 3.08. The largest absolute Gasteiger partial charge is 0.368 e. The highest BCUT2D eigenvalue weighted by Gasteiger charge is 2.25. The molecule has 1 amide bonds. The number of nitrogens with one attached hydrogen (secondary N) is 1. The molecule has 1 N–H and O–H groups in total. The highest BCUT2D eigenvalue weighted by molar-refractivity contribution is 7.15. The lowest BCUT2D eigenvalue weighted by Crippen LogP contribution is -2.31.